The van der Waals surface area contributed by atoms with Crippen molar-refractivity contribution in [3.05, 3.63) is 40.4 Å². The lowest BCUT2D eigenvalue weighted by Crippen LogP contribution is -2.46. The monoisotopic (exact) mass is 368 g/mol. The van der Waals surface area contributed by atoms with Crippen LogP contribution in [0.15, 0.2) is 29.1 Å². The van der Waals surface area contributed by atoms with Crippen molar-refractivity contribution in [3.8, 4) is 0 Å². The molecule has 6 heteroatoms. The molecule has 2 aliphatic rings. The smallest absolute Gasteiger partial charge is 0.258 e. The van der Waals surface area contributed by atoms with Gasteiger partial charge in [-0.05, 0) is 44.4 Å². The van der Waals surface area contributed by atoms with E-state index in [1.54, 1.807) is 6.07 Å². The predicted molar refractivity (Wildman–Crippen MR) is 106 cm³/mol. The summed E-state index contributed by atoms with van der Waals surface area (Å²) in [7, 11) is 0. The molecule has 0 spiro atoms. The quantitative estimate of drug-likeness (QED) is 0.848. The number of likely N-dealkylation sites (tertiary alicyclic amines) is 1. The Kier molecular flexibility index (Phi) is 5.53. The van der Waals surface area contributed by atoms with Crippen molar-refractivity contribution >= 4 is 16.8 Å². The second-order valence-electron chi connectivity index (χ2n) is 7.84. The van der Waals surface area contributed by atoms with E-state index in [0.717, 1.165) is 25.9 Å². The number of fused-ring (bicyclic) bond motifs is 1. The van der Waals surface area contributed by atoms with Crippen LogP contribution in [-0.4, -0.2) is 46.5 Å². The molecule has 2 fully saturated rings. The number of aromatic nitrogens is 2. The van der Waals surface area contributed by atoms with Crippen LogP contribution in [0.2, 0.25) is 0 Å². The molecule has 1 aromatic carbocycles. The number of hydrogen-bond acceptors (Lipinski definition) is 4. The first-order valence-corrected chi connectivity index (χ1v) is 10.2. The fourth-order valence-electron chi connectivity index (χ4n) is 4.52. The Labute approximate surface area is 159 Å². The summed E-state index contributed by atoms with van der Waals surface area (Å²) in [6, 6.07) is 8.00. The summed E-state index contributed by atoms with van der Waals surface area (Å²) >= 11 is 0. The number of hydrogen-bond donors (Lipinski definition) is 2. The summed E-state index contributed by atoms with van der Waals surface area (Å²) in [5, 5.41) is 3.65. The van der Waals surface area contributed by atoms with Crippen LogP contribution in [0, 0.1) is 5.92 Å². The number of rotatable bonds is 5. The fraction of sp³-hybridized carbons (Fsp3) is 0.571. The number of nitrogens with one attached hydrogen (secondary N) is 2. The number of H-pyrrole nitrogens is 1. The molecule has 1 aromatic heterocycles. The number of piperidine rings is 1. The van der Waals surface area contributed by atoms with Crippen LogP contribution >= 0.6 is 0 Å². The molecule has 1 atom stereocenters. The number of carbonyl (C=O) groups is 1. The van der Waals surface area contributed by atoms with Crippen molar-refractivity contribution in [2.45, 2.75) is 51.0 Å². The largest absolute Gasteiger partial charge is 0.355 e. The van der Waals surface area contributed by atoms with Crippen LogP contribution in [0.5, 0.6) is 0 Å². The molecule has 2 N–H and O–H groups in total. The first kappa shape index (κ1) is 18.2. The Morgan fingerprint density at radius 3 is 2.85 bits per heavy atom. The third-order valence-corrected chi connectivity index (χ3v) is 5.99. The van der Waals surface area contributed by atoms with Crippen LogP contribution in [0.25, 0.3) is 10.9 Å². The lowest BCUT2D eigenvalue weighted by molar-refractivity contribution is -0.127. The van der Waals surface area contributed by atoms with Gasteiger partial charge >= 0.3 is 0 Å². The van der Waals surface area contributed by atoms with Crippen molar-refractivity contribution in [1.29, 1.82) is 0 Å². The van der Waals surface area contributed by atoms with Gasteiger partial charge in [0.25, 0.3) is 5.56 Å². The zero-order valence-corrected chi connectivity index (χ0v) is 15.7. The van der Waals surface area contributed by atoms with Gasteiger partial charge in [-0.3, -0.25) is 14.5 Å². The van der Waals surface area contributed by atoms with Gasteiger partial charge in [0.15, 0.2) is 0 Å². The second kappa shape index (κ2) is 8.21. The minimum atomic E-state index is -0.124. The zero-order chi connectivity index (χ0) is 18.6. The Balaban J connectivity index is 1.31. The lowest BCUT2D eigenvalue weighted by atomic mass is 9.95. The maximum Gasteiger partial charge on any atom is 0.258 e. The van der Waals surface area contributed by atoms with Crippen LogP contribution in [0.3, 0.4) is 0 Å². The summed E-state index contributed by atoms with van der Waals surface area (Å²) < 4.78 is 0. The van der Waals surface area contributed by atoms with E-state index in [4.69, 9.17) is 0 Å². The van der Waals surface area contributed by atoms with E-state index in [9.17, 15) is 9.59 Å². The first-order valence-electron chi connectivity index (χ1n) is 10.2. The molecule has 2 aromatic rings. The Bertz CT molecular complexity index is 857. The topological polar surface area (TPSA) is 78.1 Å². The molecular weight excluding hydrogens is 340 g/mol. The van der Waals surface area contributed by atoms with Crippen LogP contribution < -0.4 is 10.9 Å². The Morgan fingerprint density at radius 2 is 2.00 bits per heavy atom. The van der Waals surface area contributed by atoms with Gasteiger partial charge in [0.05, 0.1) is 16.8 Å². The molecule has 2 heterocycles. The van der Waals surface area contributed by atoms with Gasteiger partial charge in [-0.1, -0.05) is 25.0 Å². The zero-order valence-electron chi connectivity index (χ0n) is 15.7. The Morgan fingerprint density at radius 1 is 1.19 bits per heavy atom. The van der Waals surface area contributed by atoms with Crippen molar-refractivity contribution in [2.24, 2.45) is 5.92 Å². The number of benzene rings is 1. The first-order chi connectivity index (χ1) is 13.2. The summed E-state index contributed by atoms with van der Waals surface area (Å²) in [4.78, 5) is 34.6. The standard InChI is InChI=1S/C21H28N4O2/c26-20(15-6-5-13-25(14-15)16-7-1-2-8-16)22-12-11-19-23-18-10-4-3-9-17(18)21(27)24-19/h3-4,9-10,15-16H,1-2,5-8,11-14H2,(H,22,26)(H,23,24,27)/t15-/m1/s1. The summed E-state index contributed by atoms with van der Waals surface area (Å²) in [5.74, 6) is 0.846. The molecule has 0 bridgehead atoms. The molecule has 1 amide bonds. The molecule has 1 saturated carbocycles. The third kappa shape index (κ3) is 4.21. The van der Waals surface area contributed by atoms with Gasteiger partial charge in [0.1, 0.15) is 5.82 Å². The van der Waals surface area contributed by atoms with Gasteiger partial charge < -0.3 is 10.3 Å². The minimum Gasteiger partial charge on any atom is -0.355 e. The number of nitrogens with zero attached hydrogens (tertiary/aromatic N) is 2. The molecule has 1 saturated heterocycles. The molecule has 4 rings (SSSR count). The van der Waals surface area contributed by atoms with Gasteiger partial charge in [0.2, 0.25) is 5.91 Å². The van der Waals surface area contributed by atoms with Gasteiger partial charge in [-0.2, -0.15) is 0 Å². The van der Waals surface area contributed by atoms with Crippen molar-refractivity contribution in [2.75, 3.05) is 19.6 Å². The number of aromatic amines is 1. The van der Waals surface area contributed by atoms with Gasteiger partial charge in [-0.15, -0.1) is 0 Å². The van der Waals surface area contributed by atoms with E-state index in [2.05, 4.69) is 20.2 Å². The highest BCUT2D eigenvalue weighted by atomic mass is 16.2. The van der Waals surface area contributed by atoms with E-state index >= 15 is 0 Å². The summed E-state index contributed by atoms with van der Waals surface area (Å²) in [5.41, 5.74) is 0.573. The minimum absolute atomic E-state index is 0.0861. The molecule has 0 unspecified atom stereocenters. The van der Waals surface area contributed by atoms with Gasteiger partial charge in [0, 0.05) is 25.6 Å². The average molecular weight is 368 g/mol. The van der Waals surface area contributed by atoms with Gasteiger partial charge in [-0.25, -0.2) is 4.98 Å². The highest BCUT2D eigenvalue weighted by Gasteiger charge is 2.30. The van der Waals surface area contributed by atoms with Crippen LogP contribution in [0.1, 0.15) is 44.3 Å². The molecule has 1 aliphatic carbocycles. The molecule has 1 aliphatic heterocycles. The van der Waals surface area contributed by atoms with E-state index in [-0.39, 0.29) is 17.4 Å². The number of amides is 1. The normalized spacial score (nSPS) is 21.6. The SMILES string of the molecule is O=C(NCCc1nc2ccccc2c(=O)[nH]1)[C@@H]1CCCN(C2CCCC2)C1. The Hall–Kier alpha value is -2.21. The fourth-order valence-corrected chi connectivity index (χ4v) is 4.52. The number of para-hydroxylation sites is 1. The van der Waals surface area contributed by atoms with Crippen molar-refractivity contribution in [3.63, 3.8) is 0 Å². The van der Waals surface area contributed by atoms with E-state index < -0.39 is 0 Å². The maximum absolute atomic E-state index is 12.6. The van der Waals surface area contributed by atoms with Crippen molar-refractivity contribution < 1.29 is 4.79 Å². The maximum atomic E-state index is 12.6. The predicted octanol–water partition coefficient (Wildman–Crippen LogP) is 2.24. The van der Waals surface area contributed by atoms with E-state index in [1.807, 2.05) is 18.2 Å². The number of carbonyl (C=O) groups excluding carboxylic acids is 1. The highest BCUT2D eigenvalue weighted by molar-refractivity contribution is 5.79. The van der Waals surface area contributed by atoms with E-state index in [1.165, 1.54) is 25.7 Å². The van der Waals surface area contributed by atoms with Crippen LogP contribution in [-0.2, 0) is 11.2 Å². The molecule has 0 radical (unpaired) electrons. The lowest BCUT2D eigenvalue weighted by Gasteiger charge is -2.36. The molecule has 27 heavy (non-hydrogen) atoms. The molecular formula is C21H28N4O2. The third-order valence-electron chi connectivity index (χ3n) is 5.99. The van der Waals surface area contributed by atoms with Crippen molar-refractivity contribution in [1.82, 2.24) is 20.2 Å². The van der Waals surface area contributed by atoms with E-state index in [0.29, 0.717) is 35.7 Å². The summed E-state index contributed by atoms with van der Waals surface area (Å²) in [6.45, 7) is 2.53. The molecule has 144 valence electrons. The highest BCUT2D eigenvalue weighted by Crippen LogP contribution is 2.27. The molecule has 6 nitrogen and oxygen atoms in total. The average Bonchev–Trinajstić information content (AvgIpc) is 3.23. The summed E-state index contributed by atoms with van der Waals surface area (Å²) in [6.07, 6.45) is 7.84. The van der Waals surface area contributed by atoms with Crippen LogP contribution in [0.4, 0.5) is 0 Å². The second-order valence-corrected chi connectivity index (χ2v) is 7.84.